The lowest BCUT2D eigenvalue weighted by Gasteiger charge is -2.29. The van der Waals surface area contributed by atoms with Crippen molar-refractivity contribution in [3.05, 3.63) is 71.8 Å². The highest BCUT2D eigenvalue weighted by molar-refractivity contribution is 5.93. The molecule has 0 unspecified atom stereocenters. The monoisotopic (exact) mass is 520 g/mol. The van der Waals surface area contributed by atoms with Crippen molar-refractivity contribution in [3.63, 3.8) is 0 Å². The number of carboxylic acid groups (broad SMARTS) is 1. The van der Waals surface area contributed by atoms with E-state index in [0.717, 1.165) is 36.9 Å². The van der Waals surface area contributed by atoms with Crippen molar-refractivity contribution in [2.45, 2.75) is 69.1 Å². The third-order valence-electron chi connectivity index (χ3n) is 7.20. The highest BCUT2D eigenvalue weighted by atomic mass is 16.4. The van der Waals surface area contributed by atoms with Gasteiger partial charge in [-0.2, -0.15) is 0 Å². The number of carboxylic acids is 1. The summed E-state index contributed by atoms with van der Waals surface area (Å²) in [5, 5.41) is 18.4. The Morgan fingerprint density at radius 2 is 1.55 bits per heavy atom. The summed E-state index contributed by atoms with van der Waals surface area (Å²) in [6.07, 6.45) is 3.31. The van der Waals surface area contributed by atoms with E-state index in [4.69, 9.17) is 0 Å². The molecule has 9 heteroatoms. The van der Waals surface area contributed by atoms with Crippen LogP contribution in [0.25, 0.3) is 0 Å². The van der Waals surface area contributed by atoms with E-state index in [-0.39, 0.29) is 30.7 Å². The molecule has 9 nitrogen and oxygen atoms in total. The Hall–Kier alpha value is -3.72. The molecule has 2 aliphatic rings. The van der Waals surface area contributed by atoms with Crippen LogP contribution in [0, 0.1) is 0 Å². The fourth-order valence-electron chi connectivity index (χ4n) is 5.31. The summed E-state index contributed by atoms with van der Waals surface area (Å²) in [6, 6.07) is 16.3. The summed E-state index contributed by atoms with van der Waals surface area (Å²) in [5.41, 5.74) is 1.77. The average molecular weight is 521 g/mol. The van der Waals surface area contributed by atoms with Gasteiger partial charge in [0.2, 0.25) is 17.7 Å². The van der Waals surface area contributed by atoms with Gasteiger partial charge in [-0.1, -0.05) is 60.7 Å². The molecule has 0 aliphatic carbocycles. The lowest BCUT2D eigenvalue weighted by molar-refractivity contribution is -0.140. The fraction of sp³-hybridized carbons (Fsp3) is 0.448. The highest BCUT2D eigenvalue weighted by Gasteiger charge is 2.39. The zero-order valence-electron chi connectivity index (χ0n) is 21.5. The van der Waals surface area contributed by atoms with Crippen LogP contribution in [-0.2, 0) is 32.0 Å². The maximum Gasteiger partial charge on any atom is 0.305 e. The molecule has 2 fully saturated rings. The number of hydrogen-bond donors (Lipinski definition) is 4. The largest absolute Gasteiger partial charge is 0.481 e. The fourth-order valence-corrected chi connectivity index (χ4v) is 5.31. The van der Waals surface area contributed by atoms with Gasteiger partial charge < -0.3 is 26.0 Å². The van der Waals surface area contributed by atoms with E-state index < -0.39 is 30.0 Å². The number of carbonyl (C=O) groups excluding carboxylic acids is 3. The second-order valence-corrected chi connectivity index (χ2v) is 10.1. The van der Waals surface area contributed by atoms with Crippen LogP contribution >= 0.6 is 0 Å². The molecular formula is C29H36N4O5. The summed E-state index contributed by atoms with van der Waals surface area (Å²) in [7, 11) is 0. The van der Waals surface area contributed by atoms with Crippen LogP contribution in [-0.4, -0.2) is 71.0 Å². The molecule has 3 amide bonds. The Bertz CT molecular complexity index is 1100. The van der Waals surface area contributed by atoms with Gasteiger partial charge in [0.05, 0.1) is 12.5 Å². The van der Waals surface area contributed by atoms with Crippen molar-refractivity contribution in [2.24, 2.45) is 0 Å². The number of amides is 3. The summed E-state index contributed by atoms with van der Waals surface area (Å²) in [4.78, 5) is 53.2. The van der Waals surface area contributed by atoms with Crippen molar-refractivity contribution in [1.29, 1.82) is 0 Å². The summed E-state index contributed by atoms with van der Waals surface area (Å²) < 4.78 is 0. The van der Waals surface area contributed by atoms with Gasteiger partial charge in [0.15, 0.2) is 0 Å². The molecule has 0 aromatic heterocycles. The van der Waals surface area contributed by atoms with E-state index in [1.165, 1.54) is 0 Å². The molecule has 202 valence electrons. The van der Waals surface area contributed by atoms with Crippen LogP contribution in [0.3, 0.4) is 0 Å². The molecule has 4 N–H and O–H groups in total. The van der Waals surface area contributed by atoms with Crippen LogP contribution in [0.5, 0.6) is 0 Å². The standard InChI is InChI=1S/C29H36N4O5/c34-26(35)19-22(17-20-9-3-1-4-10-20)31-27(36)24(18-21-11-5-2-6-12-21)32-28(37)25-14-8-16-33(25)29(38)23-13-7-15-30-23/h1-6,9-12,22-25,30H,7-8,13-19H2,(H,31,36)(H,32,37)(H,34,35)/t22-,23-,24-,25-/m0/s1. The second-order valence-electron chi connectivity index (χ2n) is 10.1. The molecule has 4 rings (SSSR count). The van der Waals surface area contributed by atoms with E-state index in [1.807, 2.05) is 60.7 Å². The van der Waals surface area contributed by atoms with Crippen molar-refractivity contribution < 1.29 is 24.3 Å². The Kier molecular flexibility index (Phi) is 9.48. The maximum atomic E-state index is 13.5. The molecule has 0 saturated carbocycles. The molecule has 2 heterocycles. The zero-order valence-corrected chi connectivity index (χ0v) is 21.5. The number of carbonyl (C=O) groups is 4. The maximum absolute atomic E-state index is 13.5. The molecule has 0 bridgehead atoms. The molecule has 2 aromatic carbocycles. The first-order valence-corrected chi connectivity index (χ1v) is 13.3. The van der Waals surface area contributed by atoms with Gasteiger partial charge in [-0.25, -0.2) is 0 Å². The predicted molar refractivity (Wildman–Crippen MR) is 142 cm³/mol. The molecule has 2 saturated heterocycles. The lowest BCUT2D eigenvalue weighted by Crippen LogP contribution is -2.56. The first kappa shape index (κ1) is 27.3. The smallest absolute Gasteiger partial charge is 0.305 e. The minimum absolute atomic E-state index is 0.0615. The third kappa shape index (κ3) is 7.41. The molecule has 2 aliphatic heterocycles. The number of hydrogen-bond acceptors (Lipinski definition) is 5. The second kappa shape index (κ2) is 13.2. The number of rotatable bonds is 11. The van der Waals surface area contributed by atoms with E-state index >= 15 is 0 Å². The quantitative estimate of drug-likeness (QED) is 0.357. The molecule has 2 aromatic rings. The van der Waals surface area contributed by atoms with Gasteiger partial charge in [-0.05, 0) is 49.8 Å². The topological polar surface area (TPSA) is 128 Å². The van der Waals surface area contributed by atoms with Gasteiger partial charge in [-0.3, -0.25) is 19.2 Å². The summed E-state index contributed by atoms with van der Waals surface area (Å²) in [6.45, 7) is 1.31. The minimum Gasteiger partial charge on any atom is -0.481 e. The Morgan fingerprint density at radius 3 is 2.16 bits per heavy atom. The number of benzene rings is 2. The normalized spacial score (nSPS) is 20.5. The van der Waals surface area contributed by atoms with Gasteiger partial charge in [-0.15, -0.1) is 0 Å². The van der Waals surface area contributed by atoms with Gasteiger partial charge >= 0.3 is 5.97 Å². The molecule has 0 radical (unpaired) electrons. The Labute approximate surface area is 223 Å². The van der Waals surface area contributed by atoms with Gasteiger partial charge in [0.1, 0.15) is 12.1 Å². The lowest BCUT2D eigenvalue weighted by atomic mass is 10.0. The number of nitrogens with zero attached hydrogens (tertiary/aromatic N) is 1. The van der Waals surface area contributed by atoms with Crippen molar-refractivity contribution in [3.8, 4) is 0 Å². The van der Waals surface area contributed by atoms with Crippen molar-refractivity contribution >= 4 is 23.7 Å². The number of aliphatic carboxylic acids is 1. The van der Waals surface area contributed by atoms with E-state index in [1.54, 1.807) is 4.90 Å². The van der Waals surface area contributed by atoms with Crippen LogP contribution in [0.1, 0.15) is 43.2 Å². The first-order valence-electron chi connectivity index (χ1n) is 13.3. The molecular weight excluding hydrogens is 484 g/mol. The van der Waals surface area contributed by atoms with E-state index in [0.29, 0.717) is 19.4 Å². The molecule has 38 heavy (non-hydrogen) atoms. The Balaban J connectivity index is 1.48. The van der Waals surface area contributed by atoms with E-state index in [2.05, 4.69) is 16.0 Å². The van der Waals surface area contributed by atoms with Gasteiger partial charge in [0.25, 0.3) is 0 Å². The van der Waals surface area contributed by atoms with Crippen LogP contribution in [0.15, 0.2) is 60.7 Å². The summed E-state index contributed by atoms with van der Waals surface area (Å²) in [5.74, 6) is -1.88. The van der Waals surface area contributed by atoms with Crippen LogP contribution < -0.4 is 16.0 Å². The molecule has 4 atom stereocenters. The first-order chi connectivity index (χ1) is 18.4. The number of likely N-dealkylation sites (tertiary alicyclic amines) is 1. The third-order valence-corrected chi connectivity index (χ3v) is 7.20. The number of nitrogens with one attached hydrogen (secondary N) is 3. The van der Waals surface area contributed by atoms with Gasteiger partial charge in [0, 0.05) is 19.0 Å². The SMILES string of the molecule is O=C(O)C[C@H](Cc1ccccc1)NC(=O)[C@H](Cc1ccccc1)NC(=O)[C@@H]1CCCN1C(=O)[C@@H]1CCCN1. The summed E-state index contributed by atoms with van der Waals surface area (Å²) >= 11 is 0. The Morgan fingerprint density at radius 1 is 0.895 bits per heavy atom. The highest BCUT2D eigenvalue weighted by Crippen LogP contribution is 2.21. The average Bonchev–Trinajstić information content (AvgIpc) is 3.62. The van der Waals surface area contributed by atoms with Crippen LogP contribution in [0.4, 0.5) is 0 Å². The zero-order chi connectivity index (χ0) is 26.9. The van der Waals surface area contributed by atoms with E-state index in [9.17, 15) is 24.3 Å². The minimum atomic E-state index is -1.02. The molecule has 0 spiro atoms. The van der Waals surface area contributed by atoms with Crippen molar-refractivity contribution in [1.82, 2.24) is 20.9 Å². The van der Waals surface area contributed by atoms with Crippen molar-refractivity contribution in [2.75, 3.05) is 13.1 Å². The predicted octanol–water partition coefficient (Wildman–Crippen LogP) is 1.66. The van der Waals surface area contributed by atoms with Crippen LogP contribution in [0.2, 0.25) is 0 Å².